The van der Waals surface area contributed by atoms with E-state index in [-0.39, 0.29) is 21.5 Å². The van der Waals surface area contributed by atoms with Gasteiger partial charge in [0.25, 0.3) is 0 Å². The van der Waals surface area contributed by atoms with Crippen LogP contribution >= 0.6 is 23.2 Å². The van der Waals surface area contributed by atoms with Crippen molar-refractivity contribution < 1.29 is 13.2 Å². The summed E-state index contributed by atoms with van der Waals surface area (Å²) in [7, 11) is -3.94. The van der Waals surface area contributed by atoms with Gasteiger partial charge in [-0.05, 0) is 50.2 Å². The van der Waals surface area contributed by atoms with Crippen molar-refractivity contribution in [2.24, 2.45) is 0 Å². The number of halogens is 2. The zero-order valence-electron chi connectivity index (χ0n) is 15.1. The highest BCUT2D eigenvalue weighted by Gasteiger charge is 2.28. The molecule has 0 fully saturated rings. The van der Waals surface area contributed by atoms with E-state index in [0.29, 0.717) is 15.6 Å². The molecule has 1 heterocycles. The number of amides is 1. The Morgan fingerprint density at radius 2 is 1.54 bits per heavy atom. The lowest BCUT2D eigenvalue weighted by Gasteiger charge is -2.12. The third-order valence-corrected chi connectivity index (χ3v) is 6.15. The zero-order chi connectivity index (χ0) is 20.5. The first kappa shape index (κ1) is 20.4. The van der Waals surface area contributed by atoms with Gasteiger partial charge < -0.3 is 5.32 Å². The molecule has 0 aliphatic heterocycles. The van der Waals surface area contributed by atoms with Crippen LogP contribution in [0.5, 0.6) is 0 Å². The summed E-state index contributed by atoms with van der Waals surface area (Å²) in [6, 6.07) is 11.6. The maximum absolute atomic E-state index is 13.2. The van der Waals surface area contributed by atoms with Crippen LogP contribution in [-0.4, -0.2) is 30.3 Å². The Hall–Kier alpha value is -2.35. The monoisotopic (exact) mass is 437 g/mol. The van der Waals surface area contributed by atoms with Gasteiger partial charge in [-0.1, -0.05) is 35.3 Å². The van der Waals surface area contributed by atoms with E-state index in [4.69, 9.17) is 23.2 Å². The lowest BCUT2D eigenvalue weighted by molar-refractivity contribution is 0.237. The van der Waals surface area contributed by atoms with E-state index in [2.05, 4.69) is 10.4 Å². The molecule has 1 N–H and O–H groups in total. The van der Waals surface area contributed by atoms with Crippen molar-refractivity contribution in [2.75, 3.05) is 0 Å². The van der Waals surface area contributed by atoms with Crippen molar-refractivity contribution in [2.45, 2.75) is 29.7 Å². The number of aromatic nitrogens is 2. The maximum atomic E-state index is 13.2. The molecule has 0 radical (unpaired) electrons. The minimum absolute atomic E-state index is 0.0518. The van der Waals surface area contributed by atoms with Crippen LogP contribution in [0.25, 0.3) is 11.3 Å². The first-order valence-corrected chi connectivity index (χ1v) is 10.6. The van der Waals surface area contributed by atoms with Gasteiger partial charge in [0.15, 0.2) is 0 Å². The third-order valence-electron chi connectivity index (χ3n) is 3.87. The van der Waals surface area contributed by atoms with Crippen molar-refractivity contribution in [3.63, 3.8) is 0 Å². The van der Waals surface area contributed by atoms with Gasteiger partial charge in [0, 0.05) is 21.7 Å². The summed E-state index contributed by atoms with van der Waals surface area (Å²) in [4.78, 5) is 12.6. The number of hydrogen-bond acceptors (Lipinski definition) is 4. The zero-order valence-corrected chi connectivity index (χ0v) is 17.4. The number of rotatable bonds is 4. The maximum Gasteiger partial charge on any atom is 0.342 e. The summed E-state index contributed by atoms with van der Waals surface area (Å²) in [6.45, 7) is 3.60. The predicted molar refractivity (Wildman–Crippen MR) is 109 cm³/mol. The lowest BCUT2D eigenvalue weighted by atomic mass is 10.1. The van der Waals surface area contributed by atoms with Gasteiger partial charge in [-0.3, -0.25) is 0 Å². The number of carbonyl (C=O) groups excluding carboxylic acids is 1. The second-order valence-corrected chi connectivity index (χ2v) is 9.13. The first-order valence-electron chi connectivity index (χ1n) is 8.35. The molecule has 0 saturated heterocycles. The Labute approximate surface area is 173 Å². The molecule has 3 aromatic rings. The quantitative estimate of drug-likeness (QED) is 0.643. The van der Waals surface area contributed by atoms with Gasteiger partial charge >= 0.3 is 6.03 Å². The Morgan fingerprint density at radius 1 is 1.00 bits per heavy atom. The second kappa shape index (κ2) is 7.95. The smallest absolute Gasteiger partial charge is 0.334 e. The van der Waals surface area contributed by atoms with Gasteiger partial charge in [0.2, 0.25) is 9.84 Å². The molecule has 9 heteroatoms. The first-order chi connectivity index (χ1) is 13.2. The summed E-state index contributed by atoms with van der Waals surface area (Å²) in [5.41, 5.74) is 0.651. The Balaban J connectivity index is 2.21. The van der Waals surface area contributed by atoms with Crippen LogP contribution in [0.3, 0.4) is 0 Å². The molecule has 2 aromatic carbocycles. The van der Waals surface area contributed by atoms with Gasteiger partial charge in [0.1, 0.15) is 4.90 Å². The molecule has 0 bridgehead atoms. The Morgan fingerprint density at radius 3 is 2.07 bits per heavy atom. The van der Waals surface area contributed by atoms with Gasteiger partial charge in [-0.2, -0.15) is 9.78 Å². The van der Waals surface area contributed by atoms with Crippen LogP contribution in [0.2, 0.25) is 10.0 Å². The number of hydrogen-bond donors (Lipinski definition) is 1. The topological polar surface area (TPSA) is 81.1 Å². The van der Waals surface area contributed by atoms with E-state index in [9.17, 15) is 13.2 Å². The van der Waals surface area contributed by atoms with Crippen molar-refractivity contribution >= 4 is 39.1 Å². The highest BCUT2D eigenvalue weighted by molar-refractivity contribution is 7.91. The highest BCUT2D eigenvalue weighted by atomic mass is 35.5. The number of nitrogens with zero attached hydrogens (tertiary/aromatic N) is 2. The van der Waals surface area contributed by atoms with Crippen LogP contribution in [0.4, 0.5) is 4.79 Å². The lowest BCUT2D eigenvalue weighted by Crippen LogP contribution is -2.35. The molecule has 0 aliphatic carbocycles. The molecule has 3 rings (SSSR count). The van der Waals surface area contributed by atoms with Gasteiger partial charge in [0.05, 0.1) is 16.8 Å². The Bertz CT molecular complexity index is 1110. The van der Waals surface area contributed by atoms with Gasteiger partial charge in [-0.15, -0.1) is 0 Å². The molecule has 1 aromatic heterocycles. The highest BCUT2D eigenvalue weighted by Crippen LogP contribution is 2.32. The molecule has 6 nitrogen and oxygen atoms in total. The van der Waals surface area contributed by atoms with Crippen LogP contribution in [0, 0.1) is 0 Å². The van der Waals surface area contributed by atoms with Crippen molar-refractivity contribution in [3.8, 4) is 11.3 Å². The van der Waals surface area contributed by atoms with Crippen LogP contribution in [-0.2, 0) is 9.84 Å². The summed E-state index contributed by atoms with van der Waals surface area (Å²) >= 11 is 11.8. The van der Waals surface area contributed by atoms with Crippen LogP contribution < -0.4 is 5.32 Å². The molecule has 0 saturated carbocycles. The molecule has 0 spiro atoms. The van der Waals surface area contributed by atoms with Crippen molar-refractivity contribution in [1.82, 2.24) is 15.1 Å². The average Bonchev–Trinajstić information content (AvgIpc) is 3.08. The SMILES string of the molecule is CC(C)NC(=O)n1ncc(S(=O)(=O)c2ccc(Cl)cc2)c1-c1ccc(Cl)cc1. The minimum atomic E-state index is -3.94. The van der Waals surface area contributed by atoms with Crippen molar-refractivity contribution in [1.29, 1.82) is 0 Å². The number of nitrogens with one attached hydrogen (secondary N) is 1. The van der Waals surface area contributed by atoms with E-state index < -0.39 is 15.9 Å². The Kier molecular flexibility index (Phi) is 5.79. The fourth-order valence-electron chi connectivity index (χ4n) is 2.61. The van der Waals surface area contributed by atoms with E-state index in [0.717, 1.165) is 4.68 Å². The second-order valence-electron chi connectivity index (χ2n) is 6.34. The number of carbonyl (C=O) groups is 1. The third kappa shape index (κ3) is 4.06. The summed E-state index contributed by atoms with van der Waals surface area (Å²) in [5.74, 6) is 0. The normalized spacial score (nSPS) is 11.6. The molecule has 0 aliphatic rings. The number of benzene rings is 2. The van der Waals surface area contributed by atoms with Gasteiger partial charge in [-0.25, -0.2) is 13.2 Å². The molecular weight excluding hydrogens is 421 g/mol. The van der Waals surface area contributed by atoms with E-state index in [1.165, 1.54) is 30.5 Å². The largest absolute Gasteiger partial charge is 0.342 e. The number of sulfone groups is 1. The molecule has 28 heavy (non-hydrogen) atoms. The van der Waals surface area contributed by atoms with Crippen LogP contribution in [0.15, 0.2) is 64.5 Å². The van der Waals surface area contributed by atoms with Crippen LogP contribution in [0.1, 0.15) is 13.8 Å². The molecule has 0 atom stereocenters. The fourth-order valence-corrected chi connectivity index (χ4v) is 4.25. The molecule has 1 amide bonds. The predicted octanol–water partition coefficient (Wildman–Crippen LogP) is 4.66. The van der Waals surface area contributed by atoms with E-state index in [1.54, 1.807) is 38.1 Å². The summed E-state index contributed by atoms with van der Waals surface area (Å²) in [6.07, 6.45) is 1.17. The van der Waals surface area contributed by atoms with E-state index in [1.807, 2.05) is 0 Å². The summed E-state index contributed by atoms with van der Waals surface area (Å²) < 4.78 is 27.5. The molecule has 146 valence electrons. The molecule has 0 unspecified atom stereocenters. The minimum Gasteiger partial charge on any atom is -0.334 e. The van der Waals surface area contributed by atoms with E-state index >= 15 is 0 Å². The molecular formula is C19H17Cl2N3O3S. The summed E-state index contributed by atoms with van der Waals surface area (Å²) in [5, 5.41) is 7.67. The average molecular weight is 438 g/mol. The van der Waals surface area contributed by atoms with Crippen molar-refractivity contribution in [3.05, 3.63) is 64.8 Å². The fraction of sp³-hybridized carbons (Fsp3) is 0.158. The standard InChI is InChI=1S/C19H17Cl2N3O3S/c1-12(2)23-19(25)24-18(13-3-5-14(20)6-4-13)17(11-22-24)28(26,27)16-9-7-15(21)8-10-16/h3-12H,1-2H3,(H,23,25).